The summed E-state index contributed by atoms with van der Waals surface area (Å²) in [5, 5.41) is 8.94. The summed E-state index contributed by atoms with van der Waals surface area (Å²) in [4.78, 5) is 13.3. The number of rotatable bonds is 5. The zero-order chi connectivity index (χ0) is 12.1. The molecule has 94 valence electrons. The Morgan fingerprint density at radius 3 is 2.75 bits per heavy atom. The van der Waals surface area contributed by atoms with Crippen LogP contribution in [-0.2, 0) is 4.79 Å². The van der Waals surface area contributed by atoms with Crippen LogP contribution >= 0.6 is 11.8 Å². The molecule has 1 heterocycles. The predicted octanol–water partition coefficient (Wildman–Crippen LogP) is 2.31. The Bertz CT molecular complexity index is 233. The number of carbonyl (C=O) groups is 1. The summed E-state index contributed by atoms with van der Waals surface area (Å²) in [6.45, 7) is 7.70. The van der Waals surface area contributed by atoms with Crippen molar-refractivity contribution in [3.05, 3.63) is 0 Å². The van der Waals surface area contributed by atoms with Gasteiger partial charge >= 0.3 is 5.97 Å². The molecule has 1 saturated heterocycles. The van der Waals surface area contributed by atoms with Crippen LogP contribution in [-0.4, -0.2) is 46.1 Å². The Balaban J connectivity index is 2.67. The average molecular weight is 245 g/mol. The first kappa shape index (κ1) is 13.8. The van der Waals surface area contributed by atoms with E-state index in [2.05, 4.69) is 25.7 Å². The van der Waals surface area contributed by atoms with Crippen molar-refractivity contribution >= 4 is 17.7 Å². The average Bonchev–Trinajstić information content (AvgIpc) is 2.20. The fraction of sp³-hybridized carbons (Fsp3) is 0.917. The molecule has 0 bridgehead atoms. The van der Waals surface area contributed by atoms with Crippen LogP contribution < -0.4 is 0 Å². The van der Waals surface area contributed by atoms with E-state index in [4.69, 9.17) is 5.11 Å². The van der Waals surface area contributed by atoms with Crippen LogP contribution in [0.3, 0.4) is 0 Å². The van der Waals surface area contributed by atoms with E-state index in [0.29, 0.717) is 12.0 Å². The highest BCUT2D eigenvalue weighted by Crippen LogP contribution is 2.25. The maximum Gasteiger partial charge on any atom is 0.304 e. The Morgan fingerprint density at radius 2 is 2.25 bits per heavy atom. The van der Waals surface area contributed by atoms with Crippen LogP contribution in [0.1, 0.15) is 33.6 Å². The lowest BCUT2D eigenvalue weighted by Crippen LogP contribution is -2.50. The lowest BCUT2D eigenvalue weighted by Gasteiger charge is -2.42. The molecule has 0 radical (unpaired) electrons. The van der Waals surface area contributed by atoms with Crippen molar-refractivity contribution in [2.24, 2.45) is 5.92 Å². The quantitative estimate of drug-likeness (QED) is 0.807. The van der Waals surface area contributed by atoms with Gasteiger partial charge in [0.2, 0.25) is 0 Å². The molecule has 0 saturated carbocycles. The van der Waals surface area contributed by atoms with Gasteiger partial charge in [0.25, 0.3) is 0 Å². The summed E-state index contributed by atoms with van der Waals surface area (Å²) < 4.78 is 0. The molecule has 0 aromatic heterocycles. The molecule has 1 fully saturated rings. The summed E-state index contributed by atoms with van der Waals surface area (Å²) in [5.41, 5.74) is 0. The summed E-state index contributed by atoms with van der Waals surface area (Å²) >= 11 is 1.88. The number of hydrogen-bond donors (Lipinski definition) is 1. The van der Waals surface area contributed by atoms with Gasteiger partial charge in [-0.2, -0.15) is 11.8 Å². The van der Waals surface area contributed by atoms with Gasteiger partial charge in [-0.3, -0.25) is 9.69 Å². The monoisotopic (exact) mass is 245 g/mol. The van der Waals surface area contributed by atoms with Gasteiger partial charge in [-0.25, -0.2) is 0 Å². The SMILES string of the molecule is CCC(C(C)C)N1CCSCC1CC(=O)O. The van der Waals surface area contributed by atoms with Crippen molar-refractivity contribution < 1.29 is 9.90 Å². The minimum Gasteiger partial charge on any atom is -0.481 e. The highest BCUT2D eigenvalue weighted by molar-refractivity contribution is 7.99. The molecule has 0 aliphatic carbocycles. The molecule has 1 rings (SSSR count). The van der Waals surface area contributed by atoms with Crippen LogP contribution in [0, 0.1) is 5.92 Å². The zero-order valence-electron chi connectivity index (χ0n) is 10.5. The number of carboxylic acid groups (broad SMARTS) is 1. The molecule has 2 unspecified atom stereocenters. The standard InChI is InChI=1S/C12H23NO2S/c1-4-11(9(2)3)13-5-6-16-8-10(13)7-12(14)15/h9-11H,4-8H2,1-3H3,(H,14,15). The van der Waals surface area contributed by atoms with E-state index in [1.54, 1.807) is 0 Å². The molecule has 3 nitrogen and oxygen atoms in total. The van der Waals surface area contributed by atoms with Crippen molar-refractivity contribution in [3.63, 3.8) is 0 Å². The van der Waals surface area contributed by atoms with Gasteiger partial charge in [-0.15, -0.1) is 0 Å². The second-order valence-electron chi connectivity index (χ2n) is 4.78. The molecule has 1 N–H and O–H groups in total. The van der Waals surface area contributed by atoms with E-state index < -0.39 is 5.97 Å². The van der Waals surface area contributed by atoms with Crippen LogP contribution in [0.4, 0.5) is 0 Å². The lowest BCUT2D eigenvalue weighted by molar-refractivity contribution is -0.138. The van der Waals surface area contributed by atoms with Crippen molar-refractivity contribution in [1.82, 2.24) is 4.90 Å². The topological polar surface area (TPSA) is 40.5 Å². The fourth-order valence-electron chi connectivity index (χ4n) is 2.57. The smallest absolute Gasteiger partial charge is 0.304 e. The van der Waals surface area contributed by atoms with E-state index in [1.807, 2.05) is 11.8 Å². The number of nitrogens with zero attached hydrogens (tertiary/aromatic N) is 1. The van der Waals surface area contributed by atoms with Crippen LogP contribution in [0.2, 0.25) is 0 Å². The van der Waals surface area contributed by atoms with Gasteiger partial charge in [0, 0.05) is 30.1 Å². The number of hydrogen-bond acceptors (Lipinski definition) is 3. The Hall–Kier alpha value is -0.220. The number of carboxylic acids is 1. The third-order valence-corrected chi connectivity index (χ3v) is 4.39. The van der Waals surface area contributed by atoms with Crippen molar-refractivity contribution in [3.8, 4) is 0 Å². The summed E-state index contributed by atoms with van der Waals surface area (Å²) in [7, 11) is 0. The fourth-order valence-corrected chi connectivity index (χ4v) is 3.66. The minimum absolute atomic E-state index is 0.226. The van der Waals surface area contributed by atoms with E-state index in [0.717, 1.165) is 24.5 Å². The van der Waals surface area contributed by atoms with Gasteiger partial charge in [0.1, 0.15) is 0 Å². The van der Waals surface area contributed by atoms with E-state index in [9.17, 15) is 4.79 Å². The second kappa shape index (κ2) is 6.50. The third kappa shape index (κ3) is 3.67. The normalized spacial score (nSPS) is 24.6. The molecule has 0 amide bonds. The van der Waals surface area contributed by atoms with E-state index in [-0.39, 0.29) is 12.5 Å². The van der Waals surface area contributed by atoms with Gasteiger partial charge in [0.05, 0.1) is 6.42 Å². The van der Waals surface area contributed by atoms with Crippen LogP contribution in [0.15, 0.2) is 0 Å². The molecule has 4 heteroatoms. The number of thioether (sulfide) groups is 1. The van der Waals surface area contributed by atoms with Gasteiger partial charge in [-0.05, 0) is 12.3 Å². The van der Waals surface area contributed by atoms with Crippen LogP contribution in [0.25, 0.3) is 0 Å². The summed E-state index contributed by atoms with van der Waals surface area (Å²) in [6, 6.07) is 0.758. The van der Waals surface area contributed by atoms with Crippen molar-refractivity contribution in [2.45, 2.75) is 45.7 Å². The largest absolute Gasteiger partial charge is 0.481 e. The van der Waals surface area contributed by atoms with Gasteiger partial charge in [0.15, 0.2) is 0 Å². The Morgan fingerprint density at radius 1 is 1.56 bits per heavy atom. The first-order valence-electron chi connectivity index (χ1n) is 6.11. The van der Waals surface area contributed by atoms with E-state index >= 15 is 0 Å². The van der Waals surface area contributed by atoms with E-state index in [1.165, 1.54) is 0 Å². The summed E-state index contributed by atoms with van der Waals surface area (Å²) in [6.07, 6.45) is 1.40. The van der Waals surface area contributed by atoms with Gasteiger partial charge < -0.3 is 5.11 Å². The molecule has 1 aliphatic rings. The summed E-state index contributed by atoms with van der Waals surface area (Å²) in [5.74, 6) is 2.04. The molecule has 1 aliphatic heterocycles. The third-order valence-electron chi connectivity index (χ3n) is 3.30. The highest BCUT2D eigenvalue weighted by atomic mass is 32.2. The highest BCUT2D eigenvalue weighted by Gasteiger charge is 2.31. The van der Waals surface area contributed by atoms with Gasteiger partial charge in [-0.1, -0.05) is 20.8 Å². The Kier molecular flexibility index (Phi) is 5.62. The zero-order valence-corrected chi connectivity index (χ0v) is 11.3. The first-order chi connectivity index (χ1) is 7.56. The van der Waals surface area contributed by atoms with Crippen LogP contribution in [0.5, 0.6) is 0 Å². The maximum absolute atomic E-state index is 10.9. The predicted molar refractivity (Wildman–Crippen MR) is 69.0 cm³/mol. The number of aliphatic carboxylic acids is 1. The van der Waals surface area contributed by atoms with Crippen molar-refractivity contribution in [1.29, 1.82) is 0 Å². The molecule has 16 heavy (non-hydrogen) atoms. The minimum atomic E-state index is -0.670. The Labute approximate surface area is 103 Å². The molecular formula is C12H23NO2S. The maximum atomic E-state index is 10.9. The first-order valence-corrected chi connectivity index (χ1v) is 7.27. The molecule has 0 aromatic rings. The molecule has 2 atom stereocenters. The molecule has 0 spiro atoms. The lowest BCUT2D eigenvalue weighted by atomic mass is 9.97. The van der Waals surface area contributed by atoms with Crippen molar-refractivity contribution in [2.75, 3.05) is 18.1 Å². The molecular weight excluding hydrogens is 222 g/mol. The second-order valence-corrected chi connectivity index (χ2v) is 5.93. The molecule has 0 aromatic carbocycles.